The monoisotopic (exact) mass is 473 g/mol. The van der Waals surface area contributed by atoms with Gasteiger partial charge in [-0.1, -0.05) is 35.3 Å². The highest BCUT2D eigenvalue weighted by Crippen LogP contribution is 2.40. The van der Waals surface area contributed by atoms with Crippen LogP contribution in [0.25, 0.3) is 11.0 Å². The van der Waals surface area contributed by atoms with E-state index in [0.29, 0.717) is 15.6 Å². The molecular weight excluding hydrogens is 446 g/mol. The van der Waals surface area contributed by atoms with Gasteiger partial charge in [-0.05, 0) is 99.0 Å². The molecule has 0 bridgehead atoms. The molecule has 0 saturated carbocycles. The van der Waals surface area contributed by atoms with Gasteiger partial charge < -0.3 is 14.5 Å². The van der Waals surface area contributed by atoms with Crippen LogP contribution in [-0.2, 0) is 15.8 Å². The van der Waals surface area contributed by atoms with E-state index in [2.05, 4.69) is 0 Å². The van der Waals surface area contributed by atoms with Crippen molar-refractivity contribution in [1.82, 2.24) is 0 Å². The predicted molar refractivity (Wildman–Crippen MR) is 131 cm³/mol. The fourth-order valence-corrected chi connectivity index (χ4v) is 4.08. The van der Waals surface area contributed by atoms with Crippen molar-refractivity contribution in [3.05, 3.63) is 68.7 Å². The van der Waals surface area contributed by atoms with Gasteiger partial charge in [-0.3, -0.25) is 0 Å². The number of carbonyl (C=O) groups excluding carboxylic acids is 1. The van der Waals surface area contributed by atoms with Crippen LogP contribution in [0.5, 0.6) is 0 Å². The first-order chi connectivity index (χ1) is 14.9. The number of ether oxygens (including phenoxy) is 1. The summed E-state index contributed by atoms with van der Waals surface area (Å²) in [6, 6.07) is 11.0. The summed E-state index contributed by atoms with van der Waals surface area (Å²) in [5.41, 5.74) is 3.38. The summed E-state index contributed by atoms with van der Waals surface area (Å²) in [5.74, 6) is -0.369. The largest absolute Gasteiger partial charge is 0.465 e. The van der Waals surface area contributed by atoms with Gasteiger partial charge in [-0.15, -0.1) is 0 Å². The zero-order valence-electron chi connectivity index (χ0n) is 19.1. The van der Waals surface area contributed by atoms with Crippen LogP contribution < -0.4 is 0 Å². The highest BCUT2D eigenvalue weighted by Gasteiger charge is 2.36. The molecule has 2 aromatic rings. The lowest BCUT2D eigenvalue weighted by atomic mass is 9.73. The molecular formula is C25H28BCl2O4. The van der Waals surface area contributed by atoms with Crippen molar-refractivity contribution < 1.29 is 19.3 Å². The van der Waals surface area contributed by atoms with Crippen LogP contribution in [0.3, 0.4) is 0 Å². The normalized spacial score (nSPS) is 14.6. The van der Waals surface area contributed by atoms with Crippen molar-refractivity contribution in [1.29, 1.82) is 0 Å². The number of hydrogen-bond donors (Lipinski definition) is 1. The average molecular weight is 474 g/mol. The standard InChI is InChI=1S/C25H28BCl2O4/c1-24(2,30)25(3,4)32-26-22-18-11-9-16(23(29)31-5)13-15(18)7-6-8-20(22)19-12-10-17(27)14-21(19)28/h9-14,30H,6-8H2,1-5H3. The van der Waals surface area contributed by atoms with Gasteiger partial charge >= 0.3 is 13.5 Å². The number of methoxy groups -OCH3 is 1. The fraction of sp³-hybridized carbons (Fsp3) is 0.400. The van der Waals surface area contributed by atoms with Crippen LogP contribution in [0.1, 0.15) is 67.6 Å². The van der Waals surface area contributed by atoms with E-state index in [1.165, 1.54) is 7.11 Å². The van der Waals surface area contributed by atoms with Crippen LogP contribution in [-0.4, -0.2) is 36.9 Å². The lowest BCUT2D eigenvalue weighted by molar-refractivity contribution is -0.0892. The van der Waals surface area contributed by atoms with Crippen molar-refractivity contribution in [2.75, 3.05) is 7.11 Å². The number of aliphatic hydroxyl groups is 1. The van der Waals surface area contributed by atoms with E-state index in [1.807, 2.05) is 38.1 Å². The molecule has 2 aromatic carbocycles. The smallest absolute Gasteiger partial charge is 0.337 e. The second-order valence-corrected chi connectivity index (χ2v) is 9.88. The Morgan fingerprint density at radius 3 is 2.34 bits per heavy atom. The summed E-state index contributed by atoms with van der Waals surface area (Å²) >= 11 is 12.7. The Balaban J connectivity index is 2.16. The Kier molecular flexibility index (Phi) is 7.46. The number of fused-ring (bicyclic) bond motifs is 1. The Hall–Kier alpha value is -1.79. The molecule has 0 spiro atoms. The van der Waals surface area contributed by atoms with E-state index in [-0.39, 0.29) is 5.97 Å². The number of rotatable bonds is 6. The minimum Gasteiger partial charge on any atom is -0.465 e. The van der Waals surface area contributed by atoms with Crippen LogP contribution >= 0.6 is 23.2 Å². The molecule has 0 fully saturated rings. The van der Waals surface area contributed by atoms with Gasteiger partial charge in [0.05, 0.1) is 23.9 Å². The highest BCUT2D eigenvalue weighted by atomic mass is 35.5. The van der Waals surface area contributed by atoms with Gasteiger partial charge in [-0.25, -0.2) is 4.79 Å². The number of esters is 1. The zero-order chi connectivity index (χ0) is 23.7. The van der Waals surface area contributed by atoms with Gasteiger partial charge in [-0.2, -0.15) is 0 Å². The van der Waals surface area contributed by atoms with Gasteiger partial charge in [0.1, 0.15) is 0 Å². The topological polar surface area (TPSA) is 55.8 Å². The molecule has 1 radical (unpaired) electrons. The summed E-state index contributed by atoms with van der Waals surface area (Å²) < 4.78 is 11.1. The third-order valence-electron chi connectivity index (χ3n) is 6.22. The van der Waals surface area contributed by atoms with Gasteiger partial charge in [0.25, 0.3) is 0 Å². The lowest BCUT2D eigenvalue weighted by Crippen LogP contribution is -2.48. The third kappa shape index (κ3) is 5.23. The molecule has 0 aliphatic heterocycles. The average Bonchev–Trinajstić information content (AvgIpc) is 2.89. The van der Waals surface area contributed by atoms with Gasteiger partial charge in [0, 0.05) is 10.0 Å². The summed E-state index contributed by atoms with van der Waals surface area (Å²) in [4.78, 5) is 12.1. The maximum Gasteiger partial charge on any atom is 0.337 e. The van der Waals surface area contributed by atoms with E-state index in [9.17, 15) is 9.90 Å². The quantitative estimate of drug-likeness (QED) is 0.402. The van der Waals surface area contributed by atoms with Crippen LogP contribution in [0, 0.1) is 0 Å². The first-order valence-corrected chi connectivity index (χ1v) is 11.3. The number of benzene rings is 2. The highest BCUT2D eigenvalue weighted by molar-refractivity contribution is 6.59. The Morgan fingerprint density at radius 1 is 1.03 bits per heavy atom. The number of carbonyl (C=O) groups is 1. The molecule has 0 amide bonds. The summed E-state index contributed by atoms with van der Waals surface area (Å²) in [6.07, 6.45) is 2.43. The fourth-order valence-electron chi connectivity index (χ4n) is 3.56. The molecule has 3 rings (SSSR count). The lowest BCUT2D eigenvalue weighted by Gasteiger charge is -2.38. The van der Waals surface area contributed by atoms with Crippen LogP contribution in [0.15, 0.2) is 36.4 Å². The summed E-state index contributed by atoms with van der Waals surface area (Å²) in [6.45, 7) is 7.12. The second kappa shape index (κ2) is 9.60. The van der Waals surface area contributed by atoms with Gasteiger partial charge in [0.15, 0.2) is 0 Å². The maximum atomic E-state index is 12.1. The van der Waals surface area contributed by atoms with E-state index in [4.69, 9.17) is 32.6 Å². The summed E-state index contributed by atoms with van der Waals surface area (Å²) in [5, 5.41) is 11.7. The molecule has 1 aliphatic carbocycles. The molecule has 0 atom stereocenters. The molecule has 1 aliphatic rings. The van der Waals surface area contributed by atoms with Crippen molar-refractivity contribution in [3.63, 3.8) is 0 Å². The Labute approximate surface area is 200 Å². The molecule has 0 heterocycles. The molecule has 32 heavy (non-hydrogen) atoms. The number of halogens is 2. The molecule has 0 saturated heterocycles. The van der Waals surface area contributed by atoms with Crippen molar-refractivity contribution in [2.45, 2.75) is 58.2 Å². The van der Waals surface area contributed by atoms with E-state index < -0.39 is 11.2 Å². The second-order valence-electron chi connectivity index (χ2n) is 9.04. The minimum atomic E-state index is -1.07. The van der Waals surface area contributed by atoms with Crippen molar-refractivity contribution in [3.8, 4) is 0 Å². The van der Waals surface area contributed by atoms with Crippen LogP contribution in [0.4, 0.5) is 0 Å². The van der Waals surface area contributed by atoms with E-state index in [0.717, 1.165) is 47.0 Å². The minimum absolute atomic E-state index is 0.369. The van der Waals surface area contributed by atoms with Crippen molar-refractivity contribution >= 4 is 47.7 Å². The third-order valence-corrected chi connectivity index (χ3v) is 6.76. The number of hydrogen-bond acceptors (Lipinski definition) is 4. The molecule has 169 valence electrons. The number of aryl methyl sites for hydroxylation is 1. The zero-order valence-corrected chi connectivity index (χ0v) is 20.6. The van der Waals surface area contributed by atoms with Crippen molar-refractivity contribution in [2.24, 2.45) is 0 Å². The SMILES string of the molecule is COC(=O)c1ccc2c(c1)CCCC(c1ccc(Cl)cc1Cl)=C2[B]OC(C)(C)C(C)(C)O. The van der Waals surface area contributed by atoms with E-state index >= 15 is 0 Å². The molecule has 0 aromatic heterocycles. The number of allylic oxidation sites excluding steroid dienone is 1. The molecule has 4 nitrogen and oxygen atoms in total. The molecule has 0 unspecified atom stereocenters. The predicted octanol–water partition coefficient (Wildman–Crippen LogP) is 6.17. The Bertz CT molecular complexity index is 1050. The maximum absolute atomic E-state index is 12.1. The van der Waals surface area contributed by atoms with Gasteiger partial charge in [0.2, 0.25) is 0 Å². The summed E-state index contributed by atoms with van der Waals surface area (Å²) in [7, 11) is 3.08. The first-order valence-electron chi connectivity index (χ1n) is 10.6. The molecule has 1 N–H and O–H groups in total. The Morgan fingerprint density at radius 2 is 1.72 bits per heavy atom. The van der Waals surface area contributed by atoms with E-state index in [1.54, 1.807) is 33.5 Å². The van der Waals surface area contributed by atoms with Crippen LogP contribution in [0.2, 0.25) is 10.0 Å². The first kappa shape index (κ1) is 24.8. The molecule has 7 heteroatoms.